The van der Waals surface area contributed by atoms with Crippen molar-refractivity contribution in [2.75, 3.05) is 0 Å². The van der Waals surface area contributed by atoms with Gasteiger partial charge in [-0.1, -0.05) is 12.1 Å². The average molecular weight is 175 g/mol. The maximum absolute atomic E-state index is 9.53. The highest BCUT2D eigenvalue weighted by atomic mass is 16.5. The first-order valence-corrected chi connectivity index (χ1v) is 3.98. The molecule has 0 radical (unpaired) electrons. The van der Waals surface area contributed by atoms with Gasteiger partial charge in [-0.15, -0.1) is 0 Å². The molecule has 0 spiro atoms. The molecule has 0 amide bonds. The van der Waals surface area contributed by atoms with Crippen molar-refractivity contribution < 1.29 is 9.84 Å². The molecule has 0 aliphatic carbocycles. The Morgan fingerprint density at radius 1 is 1.31 bits per heavy atom. The predicted octanol–water partition coefficient (Wildman–Crippen LogP) is 2.35. The van der Waals surface area contributed by atoms with Crippen LogP contribution >= 0.6 is 0 Å². The first-order chi connectivity index (χ1) is 6.27. The zero-order valence-electron chi connectivity index (χ0n) is 7.19. The lowest BCUT2D eigenvalue weighted by atomic mass is 10.2. The Bertz CT molecular complexity index is 394. The lowest BCUT2D eigenvalue weighted by molar-refractivity contribution is 0.502. The van der Waals surface area contributed by atoms with E-state index in [-0.39, 0.29) is 5.76 Å². The van der Waals surface area contributed by atoms with Crippen LogP contribution in [0.25, 0.3) is 5.76 Å². The number of aliphatic imine (C=N–C) groups is 1. The second kappa shape index (κ2) is 2.94. The minimum absolute atomic E-state index is 0.132. The molecule has 1 aromatic rings. The minimum Gasteiger partial charge on any atom is -0.506 e. The van der Waals surface area contributed by atoms with Gasteiger partial charge < -0.3 is 9.84 Å². The monoisotopic (exact) mass is 175 g/mol. The summed E-state index contributed by atoms with van der Waals surface area (Å²) in [5, 5.41) is 9.53. The number of fused-ring (bicyclic) bond motifs is 1. The normalized spacial score (nSPS) is 14.8. The third-order valence-corrected chi connectivity index (χ3v) is 1.79. The molecule has 1 N–H and O–H groups in total. The van der Waals surface area contributed by atoms with Crippen molar-refractivity contribution in [3.8, 4) is 5.75 Å². The topological polar surface area (TPSA) is 41.8 Å². The number of aliphatic hydroxyl groups excluding tert-OH is 1. The van der Waals surface area contributed by atoms with E-state index in [2.05, 4.69) is 4.99 Å². The Morgan fingerprint density at radius 2 is 2.08 bits per heavy atom. The van der Waals surface area contributed by atoms with E-state index in [9.17, 15) is 5.11 Å². The SMILES string of the molecule is CC1=NC=C(O)c2ccccc2O1. The van der Waals surface area contributed by atoms with Crippen LogP contribution in [0.15, 0.2) is 35.5 Å². The number of rotatable bonds is 0. The molecule has 66 valence electrons. The van der Waals surface area contributed by atoms with Gasteiger partial charge in [0.25, 0.3) is 0 Å². The molecule has 13 heavy (non-hydrogen) atoms. The summed E-state index contributed by atoms with van der Waals surface area (Å²) in [5.41, 5.74) is 0.670. The number of ether oxygens (including phenoxy) is 1. The lowest BCUT2D eigenvalue weighted by Gasteiger charge is -2.05. The molecule has 3 heteroatoms. The highest BCUT2D eigenvalue weighted by Crippen LogP contribution is 2.26. The van der Waals surface area contributed by atoms with Crippen molar-refractivity contribution in [2.24, 2.45) is 4.99 Å². The van der Waals surface area contributed by atoms with Gasteiger partial charge in [-0.2, -0.15) is 0 Å². The van der Waals surface area contributed by atoms with E-state index in [1.165, 1.54) is 6.20 Å². The molecular formula is C10H9NO2. The van der Waals surface area contributed by atoms with Crippen LogP contribution in [0.2, 0.25) is 0 Å². The number of aliphatic hydroxyl groups is 1. The maximum Gasteiger partial charge on any atom is 0.191 e. The Labute approximate surface area is 76.0 Å². The molecule has 0 saturated carbocycles. The van der Waals surface area contributed by atoms with E-state index >= 15 is 0 Å². The van der Waals surface area contributed by atoms with Gasteiger partial charge >= 0.3 is 0 Å². The fourth-order valence-corrected chi connectivity index (χ4v) is 1.17. The van der Waals surface area contributed by atoms with Crippen molar-refractivity contribution >= 4 is 11.7 Å². The fraction of sp³-hybridized carbons (Fsp3) is 0.100. The van der Waals surface area contributed by atoms with E-state index in [0.717, 1.165) is 0 Å². The van der Waals surface area contributed by atoms with Gasteiger partial charge in [0.1, 0.15) is 11.5 Å². The van der Waals surface area contributed by atoms with Gasteiger partial charge in [-0.05, 0) is 12.1 Å². The summed E-state index contributed by atoms with van der Waals surface area (Å²) in [6.45, 7) is 1.74. The molecule has 0 aromatic heterocycles. The van der Waals surface area contributed by atoms with Gasteiger partial charge in [-0.25, -0.2) is 4.99 Å². The first-order valence-electron chi connectivity index (χ1n) is 3.98. The summed E-state index contributed by atoms with van der Waals surface area (Å²) in [6, 6.07) is 7.27. The molecule has 1 aromatic carbocycles. The van der Waals surface area contributed by atoms with Crippen LogP contribution in [0.4, 0.5) is 0 Å². The maximum atomic E-state index is 9.53. The number of nitrogens with zero attached hydrogens (tertiary/aromatic N) is 1. The lowest BCUT2D eigenvalue weighted by Crippen LogP contribution is -2.01. The van der Waals surface area contributed by atoms with Crippen LogP contribution in [0.5, 0.6) is 5.75 Å². The summed E-state index contributed by atoms with van der Waals surface area (Å²) < 4.78 is 5.37. The van der Waals surface area contributed by atoms with Gasteiger partial charge in [0.15, 0.2) is 5.90 Å². The second-order valence-electron chi connectivity index (χ2n) is 2.76. The molecule has 1 aliphatic rings. The van der Waals surface area contributed by atoms with Crippen molar-refractivity contribution in [2.45, 2.75) is 6.92 Å². The third kappa shape index (κ3) is 1.40. The van der Waals surface area contributed by atoms with Gasteiger partial charge in [-0.3, -0.25) is 0 Å². The van der Waals surface area contributed by atoms with Crippen molar-refractivity contribution in [3.63, 3.8) is 0 Å². The van der Waals surface area contributed by atoms with Crippen LogP contribution in [0.1, 0.15) is 12.5 Å². The highest BCUT2D eigenvalue weighted by Gasteiger charge is 2.10. The number of para-hydroxylation sites is 1. The van der Waals surface area contributed by atoms with Crippen molar-refractivity contribution in [1.82, 2.24) is 0 Å². The standard InChI is InChI=1S/C10H9NO2/c1-7-11-6-9(12)8-4-2-3-5-10(8)13-7/h2-6,12H,1H3. The fourth-order valence-electron chi connectivity index (χ4n) is 1.17. The van der Waals surface area contributed by atoms with Crippen LogP contribution in [0.3, 0.4) is 0 Å². The molecule has 3 nitrogen and oxygen atoms in total. The van der Waals surface area contributed by atoms with E-state index in [1.807, 2.05) is 12.1 Å². The van der Waals surface area contributed by atoms with Gasteiger partial charge in [0.2, 0.25) is 0 Å². The van der Waals surface area contributed by atoms with Crippen molar-refractivity contribution in [1.29, 1.82) is 0 Å². The highest BCUT2D eigenvalue weighted by molar-refractivity contribution is 5.81. The number of hydrogen-bond acceptors (Lipinski definition) is 3. The summed E-state index contributed by atoms with van der Waals surface area (Å²) in [7, 11) is 0. The van der Waals surface area contributed by atoms with Crippen LogP contribution in [0, 0.1) is 0 Å². The number of benzene rings is 1. The Morgan fingerprint density at radius 3 is 2.92 bits per heavy atom. The average Bonchev–Trinajstić information content (AvgIpc) is 2.27. The molecule has 0 atom stereocenters. The Hall–Kier alpha value is -1.77. The molecule has 1 aliphatic heterocycles. The zero-order valence-corrected chi connectivity index (χ0v) is 7.19. The van der Waals surface area contributed by atoms with E-state index in [0.29, 0.717) is 17.2 Å². The zero-order chi connectivity index (χ0) is 9.26. The number of hydrogen-bond donors (Lipinski definition) is 1. The largest absolute Gasteiger partial charge is 0.506 e. The smallest absolute Gasteiger partial charge is 0.191 e. The first kappa shape index (κ1) is 7.86. The second-order valence-corrected chi connectivity index (χ2v) is 2.76. The van der Waals surface area contributed by atoms with E-state index < -0.39 is 0 Å². The van der Waals surface area contributed by atoms with Gasteiger partial charge in [0, 0.05) is 6.92 Å². The van der Waals surface area contributed by atoms with E-state index in [1.54, 1.807) is 19.1 Å². The summed E-state index contributed by atoms with van der Waals surface area (Å²) in [6.07, 6.45) is 1.39. The molecule has 0 bridgehead atoms. The molecular weight excluding hydrogens is 166 g/mol. The molecule has 2 rings (SSSR count). The predicted molar refractivity (Wildman–Crippen MR) is 50.8 cm³/mol. The van der Waals surface area contributed by atoms with E-state index in [4.69, 9.17) is 4.74 Å². The van der Waals surface area contributed by atoms with Gasteiger partial charge in [0.05, 0.1) is 11.8 Å². The Kier molecular flexibility index (Phi) is 1.77. The summed E-state index contributed by atoms with van der Waals surface area (Å²) in [5.74, 6) is 1.29. The summed E-state index contributed by atoms with van der Waals surface area (Å²) in [4.78, 5) is 3.90. The van der Waals surface area contributed by atoms with Crippen molar-refractivity contribution in [3.05, 3.63) is 36.0 Å². The molecule has 0 fully saturated rings. The Balaban J connectivity index is 2.57. The van der Waals surface area contributed by atoms with Crippen LogP contribution in [-0.4, -0.2) is 11.0 Å². The molecule has 0 saturated heterocycles. The quantitative estimate of drug-likeness (QED) is 0.657. The van der Waals surface area contributed by atoms with Crippen LogP contribution in [-0.2, 0) is 0 Å². The molecule has 1 heterocycles. The molecule has 0 unspecified atom stereocenters. The van der Waals surface area contributed by atoms with Crippen LogP contribution < -0.4 is 4.74 Å². The summed E-state index contributed by atoms with van der Waals surface area (Å²) >= 11 is 0. The minimum atomic E-state index is 0.132. The third-order valence-electron chi connectivity index (χ3n) is 1.79.